The molecule has 11 rings (SSSR count). The smallest absolute Gasteiger partial charge is 0.0579 e. The van der Waals surface area contributed by atoms with Crippen LogP contribution in [0.25, 0.3) is 55.7 Å². The standard InChI is InChI=1S/C92H100S2/c1-85(2,3)59-31-43-65-69(47-35-59)77(89(13,14)15)53-73(65)83(74-54-78(90(16,17)18)70-48-36-60(86(4,5)6)32-44-66(70)74)81-51-41-63(93-81)39-29-57-25-27-58(28-26-57)30-40-64-42-52-82(94-64)84(75-55-79(91(19,20)21)71-49-37-61(87(7,8)9)33-45-67(71)75)76-56-80(92(22,23)24)72-50-38-62(88(10,11)12)34-46-68(72)76/h25-28,31-38,41-56H,1-24H3/q+2. The monoisotopic (exact) mass is 1270 g/mol. The summed E-state index contributed by atoms with van der Waals surface area (Å²) in [5.74, 6) is 14.4. The molecule has 0 atom stereocenters. The zero-order chi connectivity index (χ0) is 68.2. The third-order valence-electron chi connectivity index (χ3n) is 19.1. The van der Waals surface area contributed by atoms with E-state index in [2.05, 4.69) is 360 Å². The maximum atomic E-state index is 3.63. The van der Waals surface area contributed by atoms with Crippen molar-refractivity contribution in [2.45, 2.75) is 209 Å². The van der Waals surface area contributed by atoms with Crippen LogP contribution in [0.1, 0.15) is 244 Å². The van der Waals surface area contributed by atoms with E-state index in [0.29, 0.717) is 0 Å². The van der Waals surface area contributed by atoms with Crippen LogP contribution in [0.3, 0.4) is 0 Å². The first kappa shape index (κ1) is 67.7. The molecular weight excluding hydrogens is 1170 g/mol. The van der Waals surface area contributed by atoms with Crippen molar-refractivity contribution < 1.29 is 0 Å². The lowest BCUT2D eigenvalue weighted by molar-refractivity contribution is 0.590. The molecule has 8 aliphatic carbocycles. The second-order valence-corrected chi connectivity index (χ2v) is 37.0. The summed E-state index contributed by atoms with van der Waals surface area (Å²) in [6.07, 6.45) is 9.09. The molecule has 0 unspecified atom stereocenters. The molecule has 478 valence electrons. The number of allylic oxidation sites excluding steroid dienone is 4. The minimum absolute atomic E-state index is 0.00502. The Morgan fingerprint density at radius 1 is 0.234 bits per heavy atom. The fourth-order valence-corrected chi connectivity index (χ4v) is 15.4. The van der Waals surface area contributed by atoms with E-state index in [0.717, 1.165) is 20.9 Å². The Morgan fingerprint density at radius 3 is 0.649 bits per heavy atom. The summed E-state index contributed by atoms with van der Waals surface area (Å²) in [4.78, 5) is 4.48. The van der Waals surface area contributed by atoms with Crippen LogP contribution in [-0.4, -0.2) is 9.73 Å². The molecule has 0 amide bonds. The molecule has 0 saturated heterocycles. The number of hydrogen-bond donors (Lipinski definition) is 0. The first-order valence-electron chi connectivity index (χ1n) is 34.1. The maximum absolute atomic E-state index is 3.63. The Labute approximate surface area is 574 Å². The highest BCUT2D eigenvalue weighted by Crippen LogP contribution is 2.53. The van der Waals surface area contributed by atoms with Crippen molar-refractivity contribution in [2.24, 2.45) is 0 Å². The second-order valence-electron chi connectivity index (χ2n) is 34.8. The quantitative estimate of drug-likeness (QED) is 0.0936. The summed E-state index contributed by atoms with van der Waals surface area (Å²) in [5.41, 5.74) is 30.3. The summed E-state index contributed by atoms with van der Waals surface area (Å²) < 4.78 is 0. The predicted octanol–water partition coefficient (Wildman–Crippen LogP) is 23.8. The summed E-state index contributed by atoms with van der Waals surface area (Å²) in [5, 5.41) is 0. The molecule has 0 N–H and O–H groups in total. The molecule has 0 radical (unpaired) electrons. The molecule has 2 aliphatic heterocycles. The summed E-state index contributed by atoms with van der Waals surface area (Å²) in [6.45, 7) is 56.0. The van der Waals surface area contributed by atoms with Gasteiger partial charge < -0.3 is 0 Å². The first-order chi connectivity index (χ1) is 43.6. The van der Waals surface area contributed by atoms with Crippen LogP contribution in [0.15, 0.2) is 180 Å². The fourth-order valence-electron chi connectivity index (χ4n) is 13.5. The lowest BCUT2D eigenvalue weighted by atomic mass is 9.85. The van der Waals surface area contributed by atoms with Crippen molar-refractivity contribution >= 4 is 43.6 Å². The van der Waals surface area contributed by atoms with Crippen molar-refractivity contribution in [1.82, 2.24) is 0 Å². The zero-order valence-electron chi connectivity index (χ0n) is 61.0. The van der Waals surface area contributed by atoms with Gasteiger partial charge in [0.1, 0.15) is 0 Å². The second kappa shape index (κ2) is 24.2. The van der Waals surface area contributed by atoms with Crippen molar-refractivity contribution in [1.29, 1.82) is 0 Å². The minimum Gasteiger partial charge on any atom is -0.0579 e. The van der Waals surface area contributed by atoms with Gasteiger partial charge in [-0.3, -0.25) is 0 Å². The Bertz CT molecular complexity index is 4150. The summed E-state index contributed by atoms with van der Waals surface area (Å²) in [7, 11) is 0. The maximum Gasteiger partial charge on any atom is 0.282 e. The average Bonchev–Trinajstić information content (AvgIpc) is 1.59. The molecule has 10 aliphatic rings. The van der Waals surface area contributed by atoms with Crippen LogP contribution in [0.2, 0.25) is 0 Å². The first-order valence-corrected chi connectivity index (χ1v) is 35.7. The number of hydrogen-bond acceptors (Lipinski definition) is 0. The van der Waals surface area contributed by atoms with Gasteiger partial charge >= 0.3 is 0 Å². The highest BCUT2D eigenvalue weighted by Gasteiger charge is 2.38. The SMILES string of the molecule is CC(C)(C)c1ccc2c(C(=C3C=CC(C#Cc4ccc(C#CC5=[S+]C(=C(c6cc(C(C)(C)C)c7ccc(C(C)(C)C)ccc6-7)c6cc(C(C)(C)C)c7ccc(C(C)(C)C)ccc6-7)C=C5)cc4)=[S+]3)c3cc(C(C)(C)C)c4ccc(C(C)(C)C)ccc3-4)cc(C(C)(C)C)c-2cc1. The van der Waals surface area contributed by atoms with Gasteiger partial charge in [-0.25, -0.2) is 0 Å². The van der Waals surface area contributed by atoms with Crippen molar-refractivity contribution in [3.05, 3.63) is 258 Å². The average molecular weight is 1270 g/mol. The van der Waals surface area contributed by atoms with Gasteiger partial charge in [-0.2, -0.15) is 0 Å². The topological polar surface area (TPSA) is 0 Å². The number of fused-ring (bicyclic) bond motifs is 4. The molecule has 2 heterocycles. The van der Waals surface area contributed by atoms with E-state index in [1.807, 2.05) is 0 Å². The zero-order valence-corrected chi connectivity index (χ0v) is 62.6. The third kappa shape index (κ3) is 13.7. The van der Waals surface area contributed by atoms with E-state index < -0.39 is 0 Å². The lowest BCUT2D eigenvalue weighted by Crippen LogP contribution is -2.10. The van der Waals surface area contributed by atoms with E-state index in [1.54, 1.807) is 22.7 Å². The number of rotatable bonds is 4. The molecule has 0 nitrogen and oxygen atoms in total. The van der Waals surface area contributed by atoms with E-state index in [1.165, 1.54) is 132 Å². The van der Waals surface area contributed by atoms with Crippen LogP contribution in [0.4, 0.5) is 0 Å². The molecule has 0 saturated carbocycles. The highest BCUT2D eigenvalue weighted by molar-refractivity contribution is 7.84. The van der Waals surface area contributed by atoms with Crippen molar-refractivity contribution in [2.75, 3.05) is 0 Å². The molecular formula is C92H100S2+2. The van der Waals surface area contributed by atoms with Crippen LogP contribution in [0.5, 0.6) is 0 Å². The lowest BCUT2D eigenvalue weighted by Gasteiger charge is -2.19. The number of benzene rings is 1. The van der Waals surface area contributed by atoms with E-state index in [4.69, 9.17) is 0 Å². The van der Waals surface area contributed by atoms with Gasteiger partial charge in [0.2, 0.25) is 32.5 Å². The van der Waals surface area contributed by atoms with Crippen molar-refractivity contribution in [3.8, 4) is 68.2 Å². The molecule has 0 bridgehead atoms. The van der Waals surface area contributed by atoms with Gasteiger partial charge in [-0.05, 0) is 203 Å². The molecule has 0 spiro atoms. The van der Waals surface area contributed by atoms with Gasteiger partial charge in [-0.1, -0.05) is 275 Å². The van der Waals surface area contributed by atoms with Gasteiger partial charge in [0, 0.05) is 47.3 Å². The van der Waals surface area contributed by atoms with Crippen LogP contribution < -0.4 is 0 Å². The molecule has 0 aromatic heterocycles. The van der Waals surface area contributed by atoms with Gasteiger partial charge in [0.05, 0.1) is 11.1 Å². The Balaban J connectivity index is 1.00. The summed E-state index contributed by atoms with van der Waals surface area (Å²) >= 11 is 3.59. The fraction of sp³-hybridized carbons (Fsp3) is 0.348. The minimum atomic E-state index is -0.0830. The Hall–Kier alpha value is -7.72. The van der Waals surface area contributed by atoms with E-state index in [9.17, 15) is 0 Å². The molecule has 2 heteroatoms. The third-order valence-corrected chi connectivity index (χ3v) is 21.1. The summed E-state index contributed by atoms with van der Waals surface area (Å²) in [6, 6.07) is 56.5. The largest absolute Gasteiger partial charge is 0.282 e. The molecule has 1 aromatic carbocycles. The van der Waals surface area contributed by atoms with E-state index in [-0.39, 0.29) is 43.3 Å². The Morgan fingerprint density at radius 2 is 0.447 bits per heavy atom. The van der Waals surface area contributed by atoms with Gasteiger partial charge in [0.15, 0.2) is 0 Å². The molecule has 0 fully saturated rings. The Kier molecular flexibility index (Phi) is 17.4. The van der Waals surface area contributed by atoms with Gasteiger partial charge in [0.25, 0.3) is 9.73 Å². The van der Waals surface area contributed by atoms with Crippen LogP contribution >= 0.6 is 0 Å². The normalized spacial score (nSPS) is 14.2. The highest BCUT2D eigenvalue weighted by atomic mass is 32.1. The van der Waals surface area contributed by atoms with Crippen LogP contribution in [0, 0.1) is 23.7 Å². The van der Waals surface area contributed by atoms with Crippen LogP contribution in [-0.2, 0) is 66.0 Å². The molecule has 1 aromatic rings. The van der Waals surface area contributed by atoms with E-state index >= 15 is 0 Å². The predicted molar refractivity (Wildman–Crippen MR) is 417 cm³/mol. The van der Waals surface area contributed by atoms with Crippen molar-refractivity contribution in [3.63, 3.8) is 0 Å². The van der Waals surface area contributed by atoms with Gasteiger partial charge in [-0.15, -0.1) is 0 Å². The molecule has 94 heavy (non-hydrogen) atoms.